The van der Waals surface area contributed by atoms with Crippen molar-refractivity contribution < 1.29 is 9.32 Å². The van der Waals surface area contributed by atoms with Gasteiger partial charge in [-0.2, -0.15) is 4.98 Å². The second-order valence-electron chi connectivity index (χ2n) is 7.52. The van der Waals surface area contributed by atoms with Gasteiger partial charge in [0.2, 0.25) is 5.91 Å². The summed E-state index contributed by atoms with van der Waals surface area (Å²) in [5.41, 5.74) is 3.14. The van der Waals surface area contributed by atoms with Gasteiger partial charge in [-0.1, -0.05) is 28.9 Å². The molecule has 0 radical (unpaired) electrons. The SMILES string of the molecule is CN(C)c1ccc(-c2nc(C3CC(=O)N(CCc4ccc(Cl)cc4)C3)no2)cc1. The predicted octanol–water partition coefficient (Wildman–Crippen LogP) is 4.01. The number of hydrogen-bond acceptors (Lipinski definition) is 5. The molecule has 6 nitrogen and oxygen atoms in total. The summed E-state index contributed by atoms with van der Waals surface area (Å²) in [5, 5.41) is 4.86. The standard InChI is InChI=1S/C22H23ClN4O2/c1-26(2)19-9-5-16(6-10-19)22-24-21(25-29-22)17-13-20(28)27(14-17)12-11-15-3-7-18(23)8-4-15/h3-10,17H,11-14H2,1-2H3. The number of halogens is 1. The molecule has 1 aliphatic heterocycles. The normalized spacial score (nSPS) is 16.4. The Bertz CT molecular complexity index is 983. The zero-order valence-corrected chi connectivity index (χ0v) is 17.3. The highest BCUT2D eigenvalue weighted by Gasteiger charge is 2.33. The van der Waals surface area contributed by atoms with Gasteiger partial charge in [0.05, 0.1) is 0 Å². The number of likely N-dealkylation sites (tertiary alicyclic amines) is 1. The number of benzene rings is 2. The Balaban J connectivity index is 1.39. The molecular formula is C22H23ClN4O2. The molecule has 0 bridgehead atoms. The summed E-state index contributed by atoms with van der Waals surface area (Å²) in [7, 11) is 3.99. The van der Waals surface area contributed by atoms with Crippen molar-refractivity contribution in [1.29, 1.82) is 0 Å². The van der Waals surface area contributed by atoms with Crippen molar-refractivity contribution in [2.45, 2.75) is 18.8 Å². The molecule has 150 valence electrons. The van der Waals surface area contributed by atoms with Crippen molar-refractivity contribution in [2.24, 2.45) is 0 Å². The molecule has 2 heterocycles. The summed E-state index contributed by atoms with van der Waals surface area (Å²) in [4.78, 5) is 20.9. The van der Waals surface area contributed by atoms with Crippen molar-refractivity contribution in [3.05, 3.63) is 64.9 Å². The Morgan fingerprint density at radius 1 is 1.14 bits per heavy atom. The number of rotatable bonds is 6. The Morgan fingerprint density at radius 2 is 1.86 bits per heavy atom. The highest BCUT2D eigenvalue weighted by molar-refractivity contribution is 6.30. The number of carbonyl (C=O) groups excluding carboxylic acids is 1. The maximum atomic E-state index is 12.4. The summed E-state index contributed by atoms with van der Waals surface area (Å²) < 4.78 is 5.46. The Kier molecular flexibility index (Phi) is 5.53. The zero-order chi connectivity index (χ0) is 20.4. The van der Waals surface area contributed by atoms with Crippen LogP contribution in [0.25, 0.3) is 11.5 Å². The van der Waals surface area contributed by atoms with Gasteiger partial charge < -0.3 is 14.3 Å². The average molecular weight is 411 g/mol. The lowest BCUT2D eigenvalue weighted by molar-refractivity contribution is -0.127. The van der Waals surface area contributed by atoms with Crippen LogP contribution in [0.15, 0.2) is 53.1 Å². The largest absolute Gasteiger partial charge is 0.378 e. The molecule has 1 fully saturated rings. The third kappa shape index (κ3) is 4.43. The van der Waals surface area contributed by atoms with Gasteiger partial charge >= 0.3 is 0 Å². The first-order chi connectivity index (χ1) is 14.0. The van der Waals surface area contributed by atoms with Crippen molar-refractivity contribution in [2.75, 3.05) is 32.1 Å². The molecule has 4 rings (SSSR count). The van der Waals surface area contributed by atoms with Crippen molar-refractivity contribution >= 4 is 23.2 Å². The average Bonchev–Trinajstić information content (AvgIpc) is 3.35. The van der Waals surface area contributed by atoms with E-state index in [-0.39, 0.29) is 11.8 Å². The maximum Gasteiger partial charge on any atom is 0.257 e. The summed E-state index contributed by atoms with van der Waals surface area (Å²) >= 11 is 5.93. The molecule has 1 amide bonds. The van der Waals surface area contributed by atoms with E-state index in [2.05, 4.69) is 10.1 Å². The van der Waals surface area contributed by atoms with Crippen molar-refractivity contribution in [3.8, 4) is 11.5 Å². The summed E-state index contributed by atoms with van der Waals surface area (Å²) in [6.45, 7) is 1.29. The van der Waals surface area contributed by atoms with Crippen LogP contribution in [0.3, 0.4) is 0 Å². The first-order valence-electron chi connectivity index (χ1n) is 9.63. The molecule has 0 N–H and O–H groups in total. The highest BCUT2D eigenvalue weighted by Crippen LogP contribution is 2.29. The van der Waals surface area contributed by atoms with Crippen LogP contribution >= 0.6 is 11.6 Å². The highest BCUT2D eigenvalue weighted by atomic mass is 35.5. The molecule has 0 saturated carbocycles. The van der Waals surface area contributed by atoms with Crippen LogP contribution in [-0.2, 0) is 11.2 Å². The minimum Gasteiger partial charge on any atom is -0.378 e. The van der Waals surface area contributed by atoms with Gasteiger partial charge in [-0.3, -0.25) is 4.79 Å². The molecule has 1 atom stereocenters. The molecule has 7 heteroatoms. The second-order valence-corrected chi connectivity index (χ2v) is 7.95. The monoisotopic (exact) mass is 410 g/mol. The molecule has 0 spiro atoms. The molecule has 2 aromatic carbocycles. The topological polar surface area (TPSA) is 62.5 Å². The molecule has 3 aromatic rings. The van der Waals surface area contributed by atoms with Crippen LogP contribution in [0.4, 0.5) is 5.69 Å². The molecule has 0 aliphatic carbocycles. The molecule has 29 heavy (non-hydrogen) atoms. The van der Waals surface area contributed by atoms with Gasteiger partial charge in [0.25, 0.3) is 5.89 Å². The second kappa shape index (κ2) is 8.25. The van der Waals surface area contributed by atoms with Crippen LogP contribution in [0, 0.1) is 0 Å². The zero-order valence-electron chi connectivity index (χ0n) is 16.5. The quantitative estimate of drug-likeness (QED) is 0.614. The minimum absolute atomic E-state index is 0.0359. The van der Waals surface area contributed by atoms with E-state index in [0.717, 1.165) is 28.3 Å². The van der Waals surface area contributed by atoms with Gasteiger partial charge in [-0.05, 0) is 48.4 Å². The van der Waals surface area contributed by atoms with Gasteiger partial charge in [0.1, 0.15) is 0 Å². The number of carbonyl (C=O) groups is 1. The van der Waals surface area contributed by atoms with Gasteiger partial charge in [-0.15, -0.1) is 0 Å². The number of hydrogen-bond donors (Lipinski definition) is 0. The fourth-order valence-electron chi connectivity index (χ4n) is 3.50. The maximum absolute atomic E-state index is 12.4. The first-order valence-corrected chi connectivity index (χ1v) is 10.0. The lowest BCUT2D eigenvalue weighted by Gasteiger charge is -2.15. The third-order valence-electron chi connectivity index (χ3n) is 5.24. The smallest absolute Gasteiger partial charge is 0.257 e. The summed E-state index contributed by atoms with van der Waals surface area (Å²) in [6, 6.07) is 15.7. The molecule has 1 aromatic heterocycles. The summed E-state index contributed by atoms with van der Waals surface area (Å²) in [6.07, 6.45) is 1.21. The van der Waals surface area contributed by atoms with Gasteiger partial charge in [-0.25, -0.2) is 0 Å². The lowest BCUT2D eigenvalue weighted by atomic mass is 10.1. The molecular weight excluding hydrogens is 388 g/mol. The van der Waals surface area contributed by atoms with E-state index in [0.29, 0.717) is 31.2 Å². The van der Waals surface area contributed by atoms with Crippen LogP contribution in [0.5, 0.6) is 0 Å². The fraction of sp³-hybridized carbons (Fsp3) is 0.318. The predicted molar refractivity (Wildman–Crippen MR) is 113 cm³/mol. The minimum atomic E-state index is -0.0359. The molecule has 1 saturated heterocycles. The van der Waals surface area contributed by atoms with Crippen LogP contribution in [0.1, 0.15) is 23.7 Å². The lowest BCUT2D eigenvalue weighted by Crippen LogP contribution is -2.27. The number of nitrogens with zero attached hydrogens (tertiary/aromatic N) is 4. The van der Waals surface area contributed by atoms with Gasteiger partial charge in [0, 0.05) is 55.8 Å². The van der Waals surface area contributed by atoms with E-state index in [1.165, 1.54) is 0 Å². The van der Waals surface area contributed by atoms with Crippen LogP contribution in [-0.4, -0.2) is 48.1 Å². The fourth-order valence-corrected chi connectivity index (χ4v) is 3.62. The van der Waals surface area contributed by atoms with Crippen molar-refractivity contribution in [3.63, 3.8) is 0 Å². The molecule has 1 aliphatic rings. The van der Waals surface area contributed by atoms with E-state index in [4.69, 9.17) is 16.1 Å². The van der Waals surface area contributed by atoms with E-state index >= 15 is 0 Å². The van der Waals surface area contributed by atoms with E-state index in [1.54, 1.807) is 0 Å². The number of aromatic nitrogens is 2. The summed E-state index contributed by atoms with van der Waals surface area (Å²) in [5.74, 6) is 1.17. The van der Waals surface area contributed by atoms with E-state index < -0.39 is 0 Å². The Labute approximate surface area is 175 Å². The van der Waals surface area contributed by atoms with E-state index in [9.17, 15) is 4.79 Å². The first kappa shape index (κ1) is 19.5. The van der Waals surface area contributed by atoms with Gasteiger partial charge in [0.15, 0.2) is 5.82 Å². The van der Waals surface area contributed by atoms with E-state index in [1.807, 2.05) is 72.4 Å². The van der Waals surface area contributed by atoms with Crippen LogP contribution in [0.2, 0.25) is 5.02 Å². The Hall–Kier alpha value is -2.86. The number of amides is 1. The Morgan fingerprint density at radius 3 is 2.55 bits per heavy atom. The third-order valence-corrected chi connectivity index (χ3v) is 5.49. The van der Waals surface area contributed by atoms with Crippen molar-refractivity contribution in [1.82, 2.24) is 15.0 Å². The number of anilines is 1. The molecule has 1 unspecified atom stereocenters. The van der Waals surface area contributed by atoms with Crippen LogP contribution < -0.4 is 4.90 Å².